The van der Waals surface area contributed by atoms with E-state index in [1.54, 1.807) is 6.08 Å². The van der Waals surface area contributed by atoms with Crippen LogP contribution in [0.1, 0.15) is 18.4 Å². The molecule has 2 rings (SSSR count). The van der Waals surface area contributed by atoms with Crippen molar-refractivity contribution in [3.8, 4) is 0 Å². The van der Waals surface area contributed by atoms with Gasteiger partial charge in [-0.05, 0) is 18.4 Å². The van der Waals surface area contributed by atoms with E-state index in [1.165, 1.54) is 4.90 Å². The molecule has 0 aliphatic carbocycles. The lowest BCUT2D eigenvalue weighted by Crippen LogP contribution is -2.38. The van der Waals surface area contributed by atoms with Gasteiger partial charge in [-0.3, -0.25) is 0 Å². The van der Waals surface area contributed by atoms with Crippen molar-refractivity contribution in [2.75, 3.05) is 6.54 Å². The van der Waals surface area contributed by atoms with Gasteiger partial charge in [-0.2, -0.15) is 0 Å². The van der Waals surface area contributed by atoms with Gasteiger partial charge in [-0.25, -0.2) is 9.18 Å². The fourth-order valence-electron chi connectivity index (χ4n) is 2.29. The highest BCUT2D eigenvalue weighted by atomic mass is 19.1. The standard InChI is InChI=1S/C15H18FNO2/c1-2-6-14-13(16)9-10-17(14)15(18)19-11-12-7-4-3-5-8-12/h2-5,7-8,13-14H,1,6,9-11H2. The Morgan fingerprint density at radius 1 is 1.47 bits per heavy atom. The lowest BCUT2D eigenvalue weighted by atomic mass is 10.1. The number of rotatable bonds is 4. The second kappa shape index (κ2) is 6.36. The average molecular weight is 263 g/mol. The van der Waals surface area contributed by atoms with Crippen molar-refractivity contribution in [3.63, 3.8) is 0 Å². The zero-order valence-corrected chi connectivity index (χ0v) is 10.8. The Morgan fingerprint density at radius 3 is 2.89 bits per heavy atom. The summed E-state index contributed by atoms with van der Waals surface area (Å²) < 4.78 is 18.9. The molecule has 1 saturated heterocycles. The summed E-state index contributed by atoms with van der Waals surface area (Å²) in [6, 6.07) is 9.02. The number of carbonyl (C=O) groups is 1. The predicted molar refractivity (Wildman–Crippen MR) is 71.4 cm³/mol. The van der Waals surface area contributed by atoms with Crippen LogP contribution in [0.4, 0.5) is 9.18 Å². The molecule has 0 bridgehead atoms. The summed E-state index contributed by atoms with van der Waals surface area (Å²) in [6.45, 7) is 4.23. The number of hydrogen-bond acceptors (Lipinski definition) is 2. The number of likely N-dealkylation sites (tertiary alicyclic amines) is 1. The molecular weight excluding hydrogens is 245 g/mol. The van der Waals surface area contributed by atoms with Crippen LogP contribution < -0.4 is 0 Å². The average Bonchev–Trinajstić information content (AvgIpc) is 2.80. The minimum Gasteiger partial charge on any atom is -0.445 e. The lowest BCUT2D eigenvalue weighted by Gasteiger charge is -2.23. The summed E-state index contributed by atoms with van der Waals surface area (Å²) >= 11 is 0. The van der Waals surface area contributed by atoms with Gasteiger partial charge in [0.2, 0.25) is 0 Å². The summed E-state index contributed by atoms with van der Waals surface area (Å²) in [7, 11) is 0. The molecule has 1 fully saturated rings. The first-order valence-corrected chi connectivity index (χ1v) is 6.44. The molecule has 3 nitrogen and oxygen atoms in total. The van der Waals surface area contributed by atoms with Crippen LogP contribution >= 0.6 is 0 Å². The third-order valence-corrected chi connectivity index (χ3v) is 3.31. The quantitative estimate of drug-likeness (QED) is 0.780. The van der Waals surface area contributed by atoms with Gasteiger partial charge in [0.25, 0.3) is 0 Å². The highest BCUT2D eigenvalue weighted by Gasteiger charge is 2.37. The first kappa shape index (κ1) is 13.6. The number of hydrogen-bond donors (Lipinski definition) is 0. The molecule has 1 aliphatic heterocycles. The van der Waals surface area contributed by atoms with Crippen LogP contribution in [-0.2, 0) is 11.3 Å². The second-order valence-corrected chi connectivity index (χ2v) is 4.63. The third kappa shape index (κ3) is 3.34. The molecule has 0 radical (unpaired) electrons. The Kier molecular flexibility index (Phi) is 4.55. The Morgan fingerprint density at radius 2 is 2.21 bits per heavy atom. The van der Waals surface area contributed by atoms with E-state index in [4.69, 9.17) is 4.74 Å². The number of carbonyl (C=O) groups excluding carboxylic acids is 1. The number of benzene rings is 1. The summed E-state index contributed by atoms with van der Waals surface area (Å²) in [5, 5.41) is 0. The topological polar surface area (TPSA) is 29.5 Å². The smallest absolute Gasteiger partial charge is 0.410 e. The van der Waals surface area contributed by atoms with Crippen LogP contribution in [0.3, 0.4) is 0 Å². The van der Waals surface area contributed by atoms with Crippen molar-refractivity contribution < 1.29 is 13.9 Å². The van der Waals surface area contributed by atoms with Gasteiger partial charge >= 0.3 is 6.09 Å². The Bertz CT molecular complexity index is 435. The minimum absolute atomic E-state index is 0.216. The summed E-state index contributed by atoms with van der Waals surface area (Å²) in [6.07, 6.45) is 1.04. The molecule has 0 N–H and O–H groups in total. The van der Waals surface area contributed by atoms with E-state index < -0.39 is 18.3 Å². The fraction of sp³-hybridized carbons (Fsp3) is 0.400. The van der Waals surface area contributed by atoms with Gasteiger partial charge in [0, 0.05) is 6.54 Å². The maximum atomic E-state index is 13.7. The predicted octanol–water partition coefficient (Wildman–Crippen LogP) is 3.31. The molecule has 1 heterocycles. The normalized spacial score (nSPS) is 22.3. The monoisotopic (exact) mass is 263 g/mol. The summed E-state index contributed by atoms with van der Waals surface area (Å²) in [4.78, 5) is 13.4. The lowest BCUT2D eigenvalue weighted by molar-refractivity contribution is 0.0857. The summed E-state index contributed by atoms with van der Waals surface area (Å²) in [5.74, 6) is 0. The number of alkyl halides is 1. The van der Waals surface area contributed by atoms with Crippen molar-refractivity contribution in [1.29, 1.82) is 0 Å². The van der Waals surface area contributed by atoms with Gasteiger partial charge < -0.3 is 9.64 Å². The molecule has 2 unspecified atom stereocenters. The van der Waals surface area contributed by atoms with Crippen molar-refractivity contribution in [1.82, 2.24) is 4.90 Å². The van der Waals surface area contributed by atoms with Gasteiger partial charge in [0.15, 0.2) is 0 Å². The maximum Gasteiger partial charge on any atom is 0.410 e. The van der Waals surface area contributed by atoms with Crippen molar-refractivity contribution in [2.45, 2.75) is 31.7 Å². The third-order valence-electron chi connectivity index (χ3n) is 3.31. The van der Waals surface area contributed by atoms with E-state index in [-0.39, 0.29) is 6.61 Å². The number of ether oxygens (including phenoxy) is 1. The van der Waals surface area contributed by atoms with Gasteiger partial charge in [-0.15, -0.1) is 6.58 Å². The van der Waals surface area contributed by atoms with Crippen LogP contribution in [0.5, 0.6) is 0 Å². The maximum absolute atomic E-state index is 13.7. The van der Waals surface area contributed by atoms with Crippen molar-refractivity contribution >= 4 is 6.09 Å². The van der Waals surface area contributed by atoms with Crippen LogP contribution in [0.2, 0.25) is 0 Å². The summed E-state index contributed by atoms with van der Waals surface area (Å²) in [5.41, 5.74) is 0.923. The highest BCUT2D eigenvalue weighted by Crippen LogP contribution is 2.24. The molecule has 19 heavy (non-hydrogen) atoms. The van der Waals surface area contributed by atoms with Crippen LogP contribution in [-0.4, -0.2) is 29.8 Å². The van der Waals surface area contributed by atoms with E-state index in [0.29, 0.717) is 19.4 Å². The van der Waals surface area contributed by atoms with Crippen LogP contribution in [0, 0.1) is 0 Å². The SMILES string of the molecule is C=CCC1C(F)CCN1C(=O)OCc1ccccc1. The van der Waals surface area contributed by atoms with Gasteiger partial charge in [0.1, 0.15) is 12.8 Å². The molecule has 1 aliphatic rings. The molecule has 0 spiro atoms. The van der Waals surface area contributed by atoms with E-state index in [0.717, 1.165) is 5.56 Å². The Balaban J connectivity index is 1.90. The molecule has 0 saturated carbocycles. The number of halogens is 1. The van der Waals surface area contributed by atoms with Crippen LogP contribution in [0.25, 0.3) is 0 Å². The molecule has 1 amide bonds. The molecule has 1 aromatic carbocycles. The van der Waals surface area contributed by atoms with E-state index >= 15 is 0 Å². The van der Waals surface area contributed by atoms with E-state index in [9.17, 15) is 9.18 Å². The van der Waals surface area contributed by atoms with Gasteiger partial charge in [-0.1, -0.05) is 36.4 Å². The second-order valence-electron chi connectivity index (χ2n) is 4.63. The van der Waals surface area contributed by atoms with E-state index in [1.807, 2.05) is 30.3 Å². The number of amides is 1. The minimum atomic E-state index is -0.984. The molecule has 4 heteroatoms. The Labute approximate surface area is 112 Å². The molecule has 0 aromatic heterocycles. The van der Waals surface area contributed by atoms with E-state index in [2.05, 4.69) is 6.58 Å². The largest absolute Gasteiger partial charge is 0.445 e. The molecule has 2 atom stereocenters. The molecular formula is C15H18FNO2. The zero-order chi connectivity index (χ0) is 13.7. The molecule has 1 aromatic rings. The first-order valence-electron chi connectivity index (χ1n) is 6.44. The van der Waals surface area contributed by atoms with Crippen molar-refractivity contribution in [3.05, 3.63) is 48.6 Å². The zero-order valence-electron chi connectivity index (χ0n) is 10.8. The molecule has 102 valence electrons. The first-order chi connectivity index (χ1) is 9.22. The van der Waals surface area contributed by atoms with Crippen molar-refractivity contribution in [2.24, 2.45) is 0 Å². The highest BCUT2D eigenvalue weighted by molar-refractivity contribution is 5.68. The number of nitrogens with zero attached hydrogens (tertiary/aromatic N) is 1. The fourth-order valence-corrected chi connectivity index (χ4v) is 2.29. The Hall–Kier alpha value is -1.84. The van der Waals surface area contributed by atoms with Gasteiger partial charge in [0.05, 0.1) is 6.04 Å². The van der Waals surface area contributed by atoms with Crippen LogP contribution in [0.15, 0.2) is 43.0 Å².